The fraction of sp³-hybridized carbons (Fsp3) is 0. The predicted octanol–water partition coefficient (Wildman–Crippen LogP) is 5.96. The number of H-pyrrole nitrogens is 1. The number of hydrogen-bond acceptors (Lipinski definition) is 1. The van der Waals surface area contributed by atoms with Crippen LogP contribution >= 0.6 is 66.7 Å². The Kier molecular flexibility index (Phi) is 4.04. The van der Waals surface area contributed by atoms with Crippen LogP contribution in [0, 0.1) is 14.2 Å². The van der Waals surface area contributed by atoms with Gasteiger partial charge in [-0.25, -0.2) is 4.39 Å². The lowest BCUT2D eigenvalue weighted by atomic mass is 10.2. The molecule has 1 N–H and O–H groups in total. The van der Waals surface area contributed by atoms with Crippen LogP contribution in [0.15, 0.2) is 39.3 Å². The molecule has 0 aliphatic carbocycles. The van der Waals surface area contributed by atoms with Gasteiger partial charge in [0.1, 0.15) is 5.82 Å². The normalized spacial score (nSPS) is 11.2. The van der Waals surface area contributed by atoms with E-state index in [-0.39, 0.29) is 5.82 Å². The largest absolute Gasteiger partial charge is 0.330 e. The quantitative estimate of drug-likeness (QED) is 0.306. The van der Waals surface area contributed by atoms with Crippen molar-refractivity contribution in [2.75, 3.05) is 0 Å². The highest BCUT2D eigenvalue weighted by Gasteiger charge is 2.14. The standard InChI is InChI=1S/C13H6Br2FIN2S/c14-6-2-1-3-7(15)12(6)19-11-4-8(16)9(17)5-10(11)18-13(19)20/h1-5H,(H,18,20). The monoisotopic (exact) mass is 526 g/mol. The van der Waals surface area contributed by atoms with Gasteiger partial charge in [0.15, 0.2) is 4.77 Å². The van der Waals surface area contributed by atoms with Gasteiger partial charge in [0.2, 0.25) is 0 Å². The average Bonchev–Trinajstić information content (AvgIpc) is 2.67. The van der Waals surface area contributed by atoms with Crippen LogP contribution < -0.4 is 0 Å². The molecule has 20 heavy (non-hydrogen) atoms. The minimum absolute atomic E-state index is 0.260. The second kappa shape index (κ2) is 5.51. The summed E-state index contributed by atoms with van der Waals surface area (Å²) in [5.41, 5.74) is 2.37. The lowest BCUT2D eigenvalue weighted by molar-refractivity contribution is 0.622. The van der Waals surface area contributed by atoms with Crippen LogP contribution in [0.4, 0.5) is 4.39 Å². The maximum absolute atomic E-state index is 13.9. The summed E-state index contributed by atoms with van der Waals surface area (Å²) in [6.07, 6.45) is 0. The van der Waals surface area contributed by atoms with E-state index in [9.17, 15) is 4.39 Å². The number of fused-ring (bicyclic) bond motifs is 1. The lowest BCUT2D eigenvalue weighted by Gasteiger charge is -2.10. The molecule has 0 saturated heterocycles. The molecule has 1 aromatic heterocycles. The maximum Gasteiger partial charge on any atom is 0.182 e. The molecule has 102 valence electrons. The molecule has 0 aliphatic rings. The Morgan fingerprint density at radius 2 is 1.85 bits per heavy atom. The third-order valence-electron chi connectivity index (χ3n) is 2.89. The van der Waals surface area contributed by atoms with E-state index in [4.69, 9.17) is 12.2 Å². The number of imidazole rings is 1. The molecule has 0 saturated carbocycles. The SMILES string of the molecule is Fc1cc2c(cc1I)[nH]c(=S)n2-c1c(Br)cccc1Br. The minimum atomic E-state index is -0.260. The topological polar surface area (TPSA) is 20.7 Å². The molecule has 7 heteroatoms. The molecule has 0 atom stereocenters. The molecule has 0 fully saturated rings. The van der Waals surface area contributed by atoms with E-state index in [0.717, 1.165) is 20.1 Å². The van der Waals surface area contributed by atoms with Crippen LogP contribution in [0.5, 0.6) is 0 Å². The summed E-state index contributed by atoms with van der Waals surface area (Å²) in [6, 6.07) is 9.00. The van der Waals surface area contributed by atoms with Crippen molar-refractivity contribution in [3.05, 3.63) is 53.4 Å². The van der Waals surface area contributed by atoms with Crippen LogP contribution in [0.3, 0.4) is 0 Å². The Labute approximate surface area is 149 Å². The fourth-order valence-electron chi connectivity index (χ4n) is 2.03. The second-order valence-electron chi connectivity index (χ2n) is 4.12. The van der Waals surface area contributed by atoms with Gasteiger partial charge in [0.05, 0.1) is 20.3 Å². The number of rotatable bonds is 1. The molecule has 2 aromatic carbocycles. The van der Waals surface area contributed by atoms with Gasteiger partial charge in [0.25, 0.3) is 0 Å². The number of aromatic nitrogens is 2. The highest BCUT2D eigenvalue weighted by molar-refractivity contribution is 14.1. The molecule has 0 amide bonds. The molecule has 1 heterocycles. The van der Waals surface area contributed by atoms with Crippen molar-refractivity contribution >= 4 is 77.7 Å². The highest BCUT2D eigenvalue weighted by atomic mass is 127. The Morgan fingerprint density at radius 1 is 1.20 bits per heavy atom. The van der Waals surface area contributed by atoms with E-state index in [1.807, 2.05) is 45.4 Å². The Bertz CT molecular complexity index is 868. The molecular weight excluding hydrogens is 522 g/mol. The predicted molar refractivity (Wildman–Crippen MR) is 96.5 cm³/mol. The van der Waals surface area contributed by atoms with Crippen molar-refractivity contribution < 1.29 is 4.39 Å². The van der Waals surface area contributed by atoms with Crippen molar-refractivity contribution in [3.8, 4) is 5.69 Å². The number of para-hydroxylation sites is 1. The van der Waals surface area contributed by atoms with E-state index in [2.05, 4.69) is 36.8 Å². The zero-order valence-corrected chi connectivity index (χ0v) is 15.9. The molecule has 3 aromatic rings. The number of aromatic amines is 1. The summed E-state index contributed by atoms with van der Waals surface area (Å²) >= 11 is 14.4. The molecule has 0 radical (unpaired) electrons. The number of hydrogen-bond donors (Lipinski definition) is 1. The molecular formula is C13H6Br2FIN2S. The van der Waals surface area contributed by atoms with Crippen LogP contribution in [-0.4, -0.2) is 9.55 Å². The van der Waals surface area contributed by atoms with Crippen molar-refractivity contribution in [2.45, 2.75) is 0 Å². The highest BCUT2D eigenvalue weighted by Crippen LogP contribution is 2.32. The first-order valence-corrected chi connectivity index (χ1v) is 8.60. The minimum Gasteiger partial charge on any atom is -0.330 e. The Morgan fingerprint density at radius 3 is 2.50 bits per heavy atom. The van der Waals surface area contributed by atoms with Crippen molar-refractivity contribution in [1.82, 2.24) is 9.55 Å². The molecule has 0 bridgehead atoms. The first-order chi connectivity index (χ1) is 9.49. The smallest absolute Gasteiger partial charge is 0.182 e. The van der Waals surface area contributed by atoms with E-state index >= 15 is 0 Å². The summed E-state index contributed by atoms with van der Waals surface area (Å²) in [6.45, 7) is 0. The average molecular weight is 528 g/mol. The molecule has 2 nitrogen and oxygen atoms in total. The van der Waals surface area contributed by atoms with Crippen LogP contribution in [-0.2, 0) is 0 Å². The molecule has 0 spiro atoms. The number of halogens is 4. The first kappa shape index (κ1) is 14.7. The Hall–Kier alpha value is -0.250. The number of nitrogens with one attached hydrogen (secondary N) is 1. The van der Waals surface area contributed by atoms with Gasteiger partial charge in [-0.1, -0.05) is 6.07 Å². The van der Waals surface area contributed by atoms with Gasteiger partial charge >= 0.3 is 0 Å². The van der Waals surface area contributed by atoms with Gasteiger partial charge in [-0.3, -0.25) is 4.57 Å². The van der Waals surface area contributed by atoms with E-state index in [1.54, 1.807) is 6.07 Å². The molecule has 3 rings (SSSR count). The van der Waals surface area contributed by atoms with Crippen LogP contribution in [0.25, 0.3) is 16.7 Å². The van der Waals surface area contributed by atoms with E-state index < -0.39 is 0 Å². The summed E-state index contributed by atoms with van der Waals surface area (Å²) in [5, 5.41) is 0. The zero-order valence-electron chi connectivity index (χ0n) is 9.75. The van der Waals surface area contributed by atoms with Gasteiger partial charge in [-0.2, -0.15) is 0 Å². The maximum atomic E-state index is 13.9. The van der Waals surface area contributed by atoms with Crippen molar-refractivity contribution in [2.24, 2.45) is 0 Å². The van der Waals surface area contributed by atoms with Gasteiger partial charge in [-0.15, -0.1) is 0 Å². The van der Waals surface area contributed by atoms with Crippen molar-refractivity contribution in [3.63, 3.8) is 0 Å². The van der Waals surface area contributed by atoms with Crippen LogP contribution in [0.2, 0.25) is 0 Å². The number of nitrogens with zero attached hydrogens (tertiary/aromatic N) is 1. The molecule has 0 aliphatic heterocycles. The number of benzene rings is 2. The van der Waals surface area contributed by atoms with Crippen molar-refractivity contribution in [1.29, 1.82) is 0 Å². The Balaban J connectivity index is 2.46. The van der Waals surface area contributed by atoms with Gasteiger partial charge in [0, 0.05) is 15.0 Å². The zero-order chi connectivity index (χ0) is 14.4. The van der Waals surface area contributed by atoms with Gasteiger partial charge in [-0.05, 0) is 84.9 Å². The van der Waals surface area contributed by atoms with Gasteiger partial charge < -0.3 is 4.98 Å². The summed E-state index contributed by atoms with van der Waals surface area (Å²) < 4.78 is 18.5. The van der Waals surface area contributed by atoms with E-state index in [0.29, 0.717) is 13.9 Å². The summed E-state index contributed by atoms with van der Waals surface area (Å²) in [5.74, 6) is -0.260. The summed E-state index contributed by atoms with van der Waals surface area (Å²) in [7, 11) is 0. The van der Waals surface area contributed by atoms with Crippen LogP contribution in [0.1, 0.15) is 0 Å². The fourth-order valence-corrected chi connectivity index (χ4v) is 4.15. The third-order valence-corrected chi connectivity index (χ3v) is 5.28. The first-order valence-electron chi connectivity index (χ1n) is 5.53. The van der Waals surface area contributed by atoms with E-state index in [1.165, 1.54) is 6.07 Å². The molecule has 0 unspecified atom stereocenters. The summed E-state index contributed by atoms with van der Waals surface area (Å²) in [4.78, 5) is 3.11. The third kappa shape index (κ3) is 2.38. The lowest BCUT2D eigenvalue weighted by Crippen LogP contribution is -1.97. The second-order valence-corrected chi connectivity index (χ2v) is 7.38.